The van der Waals surface area contributed by atoms with Crippen LogP contribution in [0.2, 0.25) is 0 Å². The number of ether oxygens (including phenoxy) is 1. The predicted octanol–water partition coefficient (Wildman–Crippen LogP) is 0.641. The molecule has 1 aromatic heterocycles. The number of rotatable bonds is 3. The molecular weight excluding hydrogens is 264 g/mol. The average molecular weight is 282 g/mol. The molecule has 1 N–H and O–H groups in total. The molecule has 0 bridgehead atoms. The van der Waals surface area contributed by atoms with Crippen LogP contribution in [-0.2, 0) is 4.74 Å². The highest BCUT2D eigenvalue weighted by molar-refractivity contribution is 5.86. The van der Waals surface area contributed by atoms with Crippen LogP contribution in [0.5, 0.6) is 0 Å². The number of carboxylic acids is 1. The Hall–Kier alpha value is -1.89. The lowest BCUT2D eigenvalue weighted by molar-refractivity contribution is 0.0650. The van der Waals surface area contributed by atoms with Crippen LogP contribution in [0.3, 0.4) is 0 Å². The van der Waals surface area contributed by atoms with E-state index in [1.165, 1.54) is 4.57 Å². The standard InChI is InChI=1S/C13H18N2O5/c1-8(2)14-7-10(12(17)18)11(16)15(13(14)19)9-3-5-20-6-4-9/h7-9H,3-6H2,1-2H3,(H,17,18). The maximum atomic E-state index is 12.4. The molecule has 2 heterocycles. The summed E-state index contributed by atoms with van der Waals surface area (Å²) in [7, 11) is 0. The summed E-state index contributed by atoms with van der Waals surface area (Å²) >= 11 is 0. The van der Waals surface area contributed by atoms with Gasteiger partial charge in [-0.1, -0.05) is 0 Å². The zero-order valence-corrected chi connectivity index (χ0v) is 11.5. The van der Waals surface area contributed by atoms with E-state index in [-0.39, 0.29) is 17.6 Å². The fraction of sp³-hybridized carbons (Fsp3) is 0.615. The van der Waals surface area contributed by atoms with Gasteiger partial charge < -0.3 is 9.84 Å². The van der Waals surface area contributed by atoms with E-state index in [0.717, 1.165) is 10.8 Å². The molecule has 0 unspecified atom stereocenters. The normalized spacial score (nSPS) is 16.6. The number of nitrogens with zero attached hydrogens (tertiary/aromatic N) is 2. The highest BCUT2D eigenvalue weighted by Crippen LogP contribution is 2.17. The van der Waals surface area contributed by atoms with Crippen LogP contribution in [0.25, 0.3) is 0 Å². The van der Waals surface area contributed by atoms with Crippen molar-refractivity contribution in [1.82, 2.24) is 9.13 Å². The van der Waals surface area contributed by atoms with Crippen LogP contribution < -0.4 is 11.2 Å². The summed E-state index contributed by atoms with van der Waals surface area (Å²) in [5, 5.41) is 9.13. The van der Waals surface area contributed by atoms with Crippen LogP contribution >= 0.6 is 0 Å². The fourth-order valence-corrected chi connectivity index (χ4v) is 2.37. The number of aromatic carboxylic acids is 1. The van der Waals surface area contributed by atoms with Crippen LogP contribution in [0.1, 0.15) is 49.1 Å². The van der Waals surface area contributed by atoms with Crippen molar-refractivity contribution in [1.29, 1.82) is 0 Å². The molecule has 110 valence electrons. The Morgan fingerprint density at radius 3 is 2.45 bits per heavy atom. The number of carbonyl (C=O) groups is 1. The highest BCUT2D eigenvalue weighted by Gasteiger charge is 2.24. The van der Waals surface area contributed by atoms with E-state index in [1.807, 2.05) is 0 Å². The summed E-state index contributed by atoms with van der Waals surface area (Å²) in [4.78, 5) is 35.8. The van der Waals surface area contributed by atoms with E-state index >= 15 is 0 Å². The Labute approximate surface area is 115 Å². The molecule has 0 radical (unpaired) electrons. The second-order valence-corrected chi connectivity index (χ2v) is 5.15. The van der Waals surface area contributed by atoms with Gasteiger partial charge in [-0.2, -0.15) is 0 Å². The Bertz CT molecular complexity index is 623. The summed E-state index contributed by atoms with van der Waals surface area (Å²) in [6.07, 6.45) is 2.21. The maximum absolute atomic E-state index is 12.4. The molecule has 2 rings (SSSR count). The number of aromatic nitrogens is 2. The van der Waals surface area contributed by atoms with Gasteiger partial charge in [-0.15, -0.1) is 0 Å². The van der Waals surface area contributed by atoms with Gasteiger partial charge in [0, 0.05) is 31.5 Å². The third-order valence-electron chi connectivity index (χ3n) is 3.49. The smallest absolute Gasteiger partial charge is 0.342 e. The van der Waals surface area contributed by atoms with Gasteiger partial charge in [0.25, 0.3) is 5.56 Å². The van der Waals surface area contributed by atoms with E-state index in [4.69, 9.17) is 9.84 Å². The summed E-state index contributed by atoms with van der Waals surface area (Å²) in [5.41, 5.74) is -1.56. The first-order chi connectivity index (χ1) is 9.43. The van der Waals surface area contributed by atoms with Gasteiger partial charge in [-0.05, 0) is 26.7 Å². The van der Waals surface area contributed by atoms with Crippen molar-refractivity contribution >= 4 is 5.97 Å². The minimum Gasteiger partial charge on any atom is -0.477 e. The zero-order valence-electron chi connectivity index (χ0n) is 11.5. The van der Waals surface area contributed by atoms with Gasteiger partial charge in [0.1, 0.15) is 5.56 Å². The molecule has 0 spiro atoms. The van der Waals surface area contributed by atoms with Crippen molar-refractivity contribution in [3.63, 3.8) is 0 Å². The van der Waals surface area contributed by atoms with E-state index in [0.29, 0.717) is 26.1 Å². The number of hydrogen-bond donors (Lipinski definition) is 1. The molecule has 1 fully saturated rings. The molecule has 0 saturated carbocycles. The second kappa shape index (κ2) is 5.62. The van der Waals surface area contributed by atoms with E-state index < -0.39 is 17.2 Å². The molecule has 0 amide bonds. The van der Waals surface area contributed by atoms with Crippen LogP contribution in [0.4, 0.5) is 0 Å². The lowest BCUT2D eigenvalue weighted by atomic mass is 10.1. The first-order valence-corrected chi connectivity index (χ1v) is 6.62. The monoisotopic (exact) mass is 282 g/mol. The zero-order chi connectivity index (χ0) is 14.9. The summed E-state index contributed by atoms with van der Waals surface area (Å²) in [6.45, 7) is 4.47. The average Bonchev–Trinajstić information content (AvgIpc) is 2.39. The van der Waals surface area contributed by atoms with Gasteiger partial charge in [-0.25, -0.2) is 9.59 Å². The molecule has 1 aliphatic heterocycles. The largest absolute Gasteiger partial charge is 0.477 e. The quantitative estimate of drug-likeness (QED) is 0.878. The van der Waals surface area contributed by atoms with E-state index in [2.05, 4.69) is 0 Å². The topological polar surface area (TPSA) is 90.5 Å². The first-order valence-electron chi connectivity index (χ1n) is 6.62. The van der Waals surface area contributed by atoms with E-state index in [9.17, 15) is 14.4 Å². The maximum Gasteiger partial charge on any atom is 0.342 e. The number of hydrogen-bond acceptors (Lipinski definition) is 4. The van der Waals surface area contributed by atoms with Gasteiger partial charge in [0.05, 0.1) is 0 Å². The second-order valence-electron chi connectivity index (χ2n) is 5.15. The molecule has 0 aromatic carbocycles. The van der Waals surface area contributed by atoms with Gasteiger partial charge in [0.2, 0.25) is 0 Å². The summed E-state index contributed by atoms with van der Waals surface area (Å²) < 4.78 is 7.58. The SMILES string of the molecule is CC(C)n1cc(C(=O)O)c(=O)n(C2CCOCC2)c1=O. The Morgan fingerprint density at radius 2 is 1.95 bits per heavy atom. The summed E-state index contributed by atoms with van der Waals surface area (Å²) in [6, 6.07) is -0.514. The van der Waals surface area contributed by atoms with Crippen molar-refractivity contribution in [2.75, 3.05) is 13.2 Å². The third kappa shape index (κ3) is 2.53. The predicted molar refractivity (Wildman–Crippen MR) is 71.4 cm³/mol. The lowest BCUT2D eigenvalue weighted by Gasteiger charge is -2.25. The highest BCUT2D eigenvalue weighted by atomic mass is 16.5. The Morgan fingerprint density at radius 1 is 1.35 bits per heavy atom. The molecule has 1 saturated heterocycles. The Balaban J connectivity index is 2.67. The Kier molecular flexibility index (Phi) is 4.08. The molecule has 1 aliphatic rings. The molecule has 7 heteroatoms. The van der Waals surface area contributed by atoms with Gasteiger partial charge in [0.15, 0.2) is 0 Å². The van der Waals surface area contributed by atoms with Crippen LogP contribution in [0, 0.1) is 0 Å². The molecular formula is C13H18N2O5. The van der Waals surface area contributed by atoms with Gasteiger partial charge >= 0.3 is 11.7 Å². The molecule has 0 atom stereocenters. The van der Waals surface area contributed by atoms with Gasteiger partial charge in [-0.3, -0.25) is 13.9 Å². The molecule has 20 heavy (non-hydrogen) atoms. The molecule has 7 nitrogen and oxygen atoms in total. The fourth-order valence-electron chi connectivity index (χ4n) is 2.37. The summed E-state index contributed by atoms with van der Waals surface area (Å²) in [5.74, 6) is -1.31. The molecule has 0 aliphatic carbocycles. The van der Waals surface area contributed by atoms with Crippen molar-refractivity contribution < 1.29 is 14.6 Å². The van der Waals surface area contributed by atoms with E-state index in [1.54, 1.807) is 13.8 Å². The van der Waals surface area contributed by atoms with Crippen LogP contribution in [-0.4, -0.2) is 33.4 Å². The minimum absolute atomic E-state index is 0.215. The van der Waals surface area contributed by atoms with Crippen molar-refractivity contribution in [2.45, 2.75) is 38.8 Å². The van der Waals surface area contributed by atoms with Crippen LogP contribution in [0.15, 0.2) is 15.8 Å². The minimum atomic E-state index is -1.31. The third-order valence-corrected chi connectivity index (χ3v) is 3.49. The first kappa shape index (κ1) is 14.5. The van der Waals surface area contributed by atoms with Crippen molar-refractivity contribution in [2.24, 2.45) is 0 Å². The van der Waals surface area contributed by atoms with Crippen molar-refractivity contribution in [3.8, 4) is 0 Å². The van der Waals surface area contributed by atoms with Crippen molar-refractivity contribution in [3.05, 3.63) is 32.6 Å². The lowest BCUT2D eigenvalue weighted by Crippen LogP contribution is -2.46. The number of carboxylic acid groups (broad SMARTS) is 1. The molecule has 1 aromatic rings.